The van der Waals surface area contributed by atoms with E-state index in [1.165, 1.54) is 6.07 Å². The van der Waals surface area contributed by atoms with E-state index in [1.54, 1.807) is 24.1 Å². The van der Waals surface area contributed by atoms with Crippen LogP contribution in [0.3, 0.4) is 0 Å². The minimum Gasteiger partial charge on any atom is -0.469 e. The highest BCUT2D eigenvalue weighted by Gasteiger charge is 2.30. The van der Waals surface area contributed by atoms with Gasteiger partial charge in [0.25, 0.3) is 0 Å². The van der Waals surface area contributed by atoms with Gasteiger partial charge in [-0.1, -0.05) is 12.1 Å². The molecule has 0 radical (unpaired) electrons. The van der Waals surface area contributed by atoms with Crippen LogP contribution in [0.1, 0.15) is 16.9 Å². The van der Waals surface area contributed by atoms with E-state index in [2.05, 4.69) is 15.6 Å². The lowest BCUT2D eigenvalue weighted by Gasteiger charge is -2.12. The van der Waals surface area contributed by atoms with Crippen molar-refractivity contribution in [2.24, 2.45) is 4.99 Å². The van der Waals surface area contributed by atoms with Crippen molar-refractivity contribution in [3.05, 3.63) is 59.5 Å². The molecule has 0 aliphatic carbocycles. The molecule has 0 aliphatic heterocycles. The number of aliphatic imine (C=N–C) groups is 1. The Morgan fingerprint density at radius 1 is 1.15 bits per heavy atom. The monoisotopic (exact) mass is 513 g/mol. The lowest BCUT2D eigenvalue weighted by Crippen LogP contribution is -2.39. The number of halogens is 4. The zero-order valence-corrected chi connectivity index (χ0v) is 18.0. The van der Waals surface area contributed by atoms with Crippen LogP contribution >= 0.6 is 35.7 Å². The Kier molecular flexibility index (Phi) is 10.7. The van der Waals surface area contributed by atoms with Gasteiger partial charge in [0.1, 0.15) is 5.76 Å². The molecule has 9 heteroatoms. The van der Waals surface area contributed by atoms with Crippen molar-refractivity contribution in [1.29, 1.82) is 0 Å². The smallest absolute Gasteiger partial charge is 0.416 e. The normalized spacial score (nSPS) is 11.8. The first-order valence-corrected chi connectivity index (χ1v) is 9.58. The summed E-state index contributed by atoms with van der Waals surface area (Å²) in [5.41, 5.74) is -0.148. The van der Waals surface area contributed by atoms with Crippen LogP contribution in [0.4, 0.5) is 13.2 Å². The second-order valence-electron chi connectivity index (χ2n) is 5.54. The maximum Gasteiger partial charge on any atom is 0.416 e. The molecule has 0 fully saturated rings. The predicted molar refractivity (Wildman–Crippen MR) is 115 cm³/mol. The minimum absolute atomic E-state index is 0. The molecule has 150 valence electrons. The quantitative estimate of drug-likeness (QED) is 0.235. The summed E-state index contributed by atoms with van der Waals surface area (Å²) >= 11 is 1.70. The van der Waals surface area contributed by atoms with Gasteiger partial charge in [-0.25, -0.2) is 4.99 Å². The van der Waals surface area contributed by atoms with Gasteiger partial charge in [0.15, 0.2) is 5.96 Å². The first-order valence-electron chi connectivity index (χ1n) is 8.18. The van der Waals surface area contributed by atoms with Gasteiger partial charge in [-0.15, -0.1) is 24.0 Å². The van der Waals surface area contributed by atoms with Crippen molar-refractivity contribution in [3.63, 3.8) is 0 Å². The zero-order chi connectivity index (χ0) is 18.8. The minimum atomic E-state index is -4.35. The lowest BCUT2D eigenvalue weighted by molar-refractivity contribution is -0.137. The number of rotatable bonds is 8. The van der Waals surface area contributed by atoms with Crippen LogP contribution in [0.2, 0.25) is 0 Å². The first-order chi connectivity index (χ1) is 12.5. The summed E-state index contributed by atoms with van der Waals surface area (Å²) in [5.74, 6) is 2.34. The van der Waals surface area contributed by atoms with E-state index in [-0.39, 0.29) is 30.5 Å². The molecule has 2 aromatic rings. The first kappa shape index (κ1) is 23.7. The second-order valence-corrected chi connectivity index (χ2v) is 6.52. The third kappa shape index (κ3) is 8.91. The maximum atomic E-state index is 12.8. The summed E-state index contributed by atoms with van der Waals surface area (Å²) in [4.78, 5) is 4.39. The molecule has 0 bridgehead atoms. The van der Waals surface area contributed by atoms with Crippen LogP contribution in [0.15, 0.2) is 52.1 Å². The molecule has 27 heavy (non-hydrogen) atoms. The van der Waals surface area contributed by atoms with Gasteiger partial charge in [-0.2, -0.15) is 24.9 Å². The van der Waals surface area contributed by atoms with E-state index in [9.17, 15) is 13.2 Å². The van der Waals surface area contributed by atoms with Crippen molar-refractivity contribution in [3.8, 4) is 0 Å². The molecule has 0 saturated carbocycles. The summed E-state index contributed by atoms with van der Waals surface area (Å²) in [6, 6.07) is 8.95. The highest BCUT2D eigenvalue weighted by Crippen LogP contribution is 2.29. The van der Waals surface area contributed by atoms with E-state index < -0.39 is 11.7 Å². The third-order valence-electron chi connectivity index (χ3n) is 3.52. The van der Waals surface area contributed by atoms with Crippen LogP contribution in [0, 0.1) is 0 Å². The van der Waals surface area contributed by atoms with Gasteiger partial charge in [0, 0.05) is 25.3 Å². The van der Waals surface area contributed by atoms with Crippen molar-refractivity contribution >= 4 is 41.7 Å². The van der Waals surface area contributed by atoms with Crippen LogP contribution in [0.5, 0.6) is 0 Å². The van der Waals surface area contributed by atoms with Gasteiger partial charge >= 0.3 is 6.18 Å². The number of hydrogen-bond acceptors (Lipinski definition) is 3. The standard InChI is InChI=1S/C18H22F3N3OS.HI/c1-26-11-9-23-17(22-8-7-16-6-3-10-25-16)24-13-14-4-2-5-15(12-14)18(19,20)21;/h2-6,10,12H,7-9,11,13H2,1H3,(H2,22,23,24);1H. The molecule has 0 amide bonds. The molecule has 0 unspecified atom stereocenters. The van der Waals surface area contributed by atoms with Gasteiger partial charge < -0.3 is 15.1 Å². The predicted octanol–water partition coefficient (Wildman–Crippen LogP) is 4.56. The SMILES string of the molecule is CSCCNC(=NCc1cccc(C(F)(F)F)c1)NCCc1ccco1.I. The highest BCUT2D eigenvalue weighted by atomic mass is 127. The number of nitrogens with zero attached hydrogens (tertiary/aromatic N) is 1. The molecular formula is C18H23F3IN3OS. The van der Waals surface area contributed by atoms with Crippen molar-refractivity contribution in [2.45, 2.75) is 19.1 Å². The fraction of sp³-hybridized carbons (Fsp3) is 0.389. The molecule has 0 atom stereocenters. The highest BCUT2D eigenvalue weighted by molar-refractivity contribution is 14.0. The van der Waals surface area contributed by atoms with Crippen LogP contribution in [-0.2, 0) is 19.1 Å². The van der Waals surface area contributed by atoms with Crippen LogP contribution in [-0.4, -0.2) is 31.1 Å². The second kappa shape index (κ2) is 12.2. The number of hydrogen-bond donors (Lipinski definition) is 2. The number of benzene rings is 1. The molecule has 2 rings (SSSR count). The Balaban J connectivity index is 0.00000364. The molecule has 1 aromatic carbocycles. The van der Waals surface area contributed by atoms with Crippen molar-refractivity contribution in [2.75, 3.05) is 25.1 Å². The van der Waals surface area contributed by atoms with E-state index >= 15 is 0 Å². The molecule has 2 N–H and O–H groups in total. The van der Waals surface area contributed by atoms with Crippen LogP contribution < -0.4 is 10.6 Å². The molecule has 1 heterocycles. The van der Waals surface area contributed by atoms with E-state index in [1.807, 2.05) is 18.4 Å². The molecule has 0 saturated heterocycles. The molecule has 1 aromatic heterocycles. The zero-order valence-electron chi connectivity index (χ0n) is 14.9. The largest absolute Gasteiger partial charge is 0.469 e. The van der Waals surface area contributed by atoms with Crippen molar-refractivity contribution in [1.82, 2.24) is 10.6 Å². The summed E-state index contributed by atoms with van der Waals surface area (Å²) in [6.07, 6.45) is -0.0274. The Hall–Kier alpha value is -1.36. The number of nitrogens with one attached hydrogen (secondary N) is 2. The Morgan fingerprint density at radius 2 is 1.93 bits per heavy atom. The fourth-order valence-electron chi connectivity index (χ4n) is 2.22. The Labute approximate surface area is 178 Å². The lowest BCUT2D eigenvalue weighted by atomic mass is 10.1. The molecular weight excluding hydrogens is 490 g/mol. The van der Waals surface area contributed by atoms with Gasteiger partial charge in [0.05, 0.1) is 18.4 Å². The molecule has 0 spiro atoms. The Morgan fingerprint density at radius 3 is 2.59 bits per heavy atom. The average molecular weight is 513 g/mol. The van der Waals surface area contributed by atoms with E-state index in [4.69, 9.17) is 4.42 Å². The molecule has 0 aliphatic rings. The van der Waals surface area contributed by atoms with Gasteiger partial charge in [-0.05, 0) is 36.1 Å². The number of furan rings is 1. The third-order valence-corrected chi connectivity index (χ3v) is 4.13. The number of guanidine groups is 1. The fourth-order valence-corrected chi connectivity index (χ4v) is 2.53. The van der Waals surface area contributed by atoms with Crippen LogP contribution in [0.25, 0.3) is 0 Å². The van der Waals surface area contributed by atoms with Crippen molar-refractivity contribution < 1.29 is 17.6 Å². The van der Waals surface area contributed by atoms with Gasteiger partial charge in [0.2, 0.25) is 0 Å². The van der Waals surface area contributed by atoms with E-state index in [0.717, 1.165) is 30.2 Å². The van der Waals surface area contributed by atoms with Gasteiger partial charge in [-0.3, -0.25) is 0 Å². The Bertz CT molecular complexity index is 693. The topological polar surface area (TPSA) is 49.6 Å². The number of alkyl halides is 3. The summed E-state index contributed by atoms with van der Waals surface area (Å²) in [7, 11) is 0. The summed E-state index contributed by atoms with van der Waals surface area (Å²) < 4.78 is 43.7. The summed E-state index contributed by atoms with van der Waals surface area (Å²) in [6.45, 7) is 1.50. The average Bonchev–Trinajstić information content (AvgIpc) is 3.12. The molecule has 4 nitrogen and oxygen atoms in total. The maximum absolute atomic E-state index is 12.8. The number of thioether (sulfide) groups is 1. The van der Waals surface area contributed by atoms with E-state index in [0.29, 0.717) is 24.5 Å². The summed E-state index contributed by atoms with van der Waals surface area (Å²) in [5, 5.41) is 6.36.